The number of nitrogens with one attached hydrogen (secondary N) is 2. The third-order valence-electron chi connectivity index (χ3n) is 4.23. The molecule has 0 aliphatic heterocycles. The Balaban J connectivity index is 1.91. The van der Waals surface area contributed by atoms with Crippen LogP contribution >= 0.6 is 0 Å². The van der Waals surface area contributed by atoms with E-state index in [0.717, 1.165) is 5.56 Å². The van der Waals surface area contributed by atoms with Crippen molar-refractivity contribution in [2.24, 2.45) is 0 Å². The Labute approximate surface area is 143 Å². The van der Waals surface area contributed by atoms with Gasteiger partial charge in [0.15, 0.2) is 5.78 Å². The molecule has 1 aliphatic rings. The summed E-state index contributed by atoms with van der Waals surface area (Å²) in [6.45, 7) is 1.41. The molecule has 3 aromatic rings. The fourth-order valence-electron chi connectivity index (χ4n) is 3.22. The number of benzene rings is 2. The minimum absolute atomic E-state index is 0.163. The van der Waals surface area contributed by atoms with Crippen LogP contribution in [-0.2, 0) is 4.79 Å². The van der Waals surface area contributed by atoms with E-state index < -0.39 is 0 Å². The highest BCUT2D eigenvalue weighted by atomic mass is 16.5. The molecule has 1 aromatic heterocycles. The molecule has 2 N–H and O–H groups in total. The number of aromatic nitrogens is 2. The summed E-state index contributed by atoms with van der Waals surface area (Å²) in [6, 6.07) is 12.8. The summed E-state index contributed by atoms with van der Waals surface area (Å²) in [7, 11) is 1.58. The van der Waals surface area contributed by atoms with Gasteiger partial charge in [0.05, 0.1) is 29.6 Å². The Morgan fingerprint density at radius 1 is 1.08 bits per heavy atom. The van der Waals surface area contributed by atoms with Crippen molar-refractivity contribution in [2.75, 3.05) is 12.4 Å². The molecule has 6 nitrogen and oxygen atoms in total. The first-order valence-electron chi connectivity index (χ1n) is 7.79. The molecule has 6 heteroatoms. The van der Waals surface area contributed by atoms with E-state index >= 15 is 0 Å². The maximum Gasteiger partial charge on any atom is 0.221 e. The van der Waals surface area contributed by atoms with Crippen LogP contribution in [-0.4, -0.2) is 29.0 Å². The number of para-hydroxylation sites is 1. The maximum absolute atomic E-state index is 13.1. The second-order valence-corrected chi connectivity index (χ2v) is 5.76. The lowest BCUT2D eigenvalue weighted by Gasteiger charge is -2.09. The lowest BCUT2D eigenvalue weighted by atomic mass is 10.0. The highest BCUT2D eigenvalue weighted by Gasteiger charge is 2.35. The monoisotopic (exact) mass is 333 g/mol. The van der Waals surface area contributed by atoms with E-state index in [1.54, 1.807) is 19.2 Å². The van der Waals surface area contributed by atoms with Crippen LogP contribution in [0, 0.1) is 0 Å². The minimum atomic E-state index is -0.225. The molecule has 0 saturated carbocycles. The van der Waals surface area contributed by atoms with Crippen LogP contribution in [0.4, 0.5) is 5.69 Å². The van der Waals surface area contributed by atoms with E-state index in [1.165, 1.54) is 6.92 Å². The van der Waals surface area contributed by atoms with Gasteiger partial charge in [-0.3, -0.25) is 14.7 Å². The van der Waals surface area contributed by atoms with Crippen molar-refractivity contribution in [1.82, 2.24) is 10.2 Å². The molecule has 1 aliphatic carbocycles. The average molecular weight is 333 g/mol. The van der Waals surface area contributed by atoms with Gasteiger partial charge in [0, 0.05) is 18.1 Å². The minimum Gasteiger partial charge on any atom is -0.496 e. The van der Waals surface area contributed by atoms with Crippen LogP contribution in [0.2, 0.25) is 0 Å². The van der Waals surface area contributed by atoms with Gasteiger partial charge >= 0.3 is 0 Å². The van der Waals surface area contributed by atoms with E-state index in [4.69, 9.17) is 4.74 Å². The zero-order valence-corrected chi connectivity index (χ0v) is 13.7. The Kier molecular flexibility index (Phi) is 3.39. The van der Waals surface area contributed by atoms with Crippen LogP contribution in [0.3, 0.4) is 0 Å². The Morgan fingerprint density at radius 2 is 1.84 bits per heavy atom. The fourth-order valence-corrected chi connectivity index (χ4v) is 3.22. The Bertz CT molecular complexity index is 1020. The Morgan fingerprint density at radius 3 is 2.60 bits per heavy atom. The second kappa shape index (κ2) is 5.59. The van der Waals surface area contributed by atoms with E-state index in [-0.39, 0.29) is 11.7 Å². The van der Waals surface area contributed by atoms with Crippen LogP contribution in [0.5, 0.6) is 5.75 Å². The summed E-state index contributed by atoms with van der Waals surface area (Å²) in [6.07, 6.45) is 0. The average Bonchev–Trinajstić information content (AvgIpc) is 3.15. The first-order chi connectivity index (χ1) is 12.1. The van der Waals surface area contributed by atoms with Crippen molar-refractivity contribution in [1.29, 1.82) is 0 Å². The molecule has 2 aromatic carbocycles. The molecular formula is C19H15N3O3. The normalized spacial score (nSPS) is 11.8. The van der Waals surface area contributed by atoms with Crippen molar-refractivity contribution in [2.45, 2.75) is 6.92 Å². The van der Waals surface area contributed by atoms with Gasteiger partial charge < -0.3 is 10.1 Å². The highest BCUT2D eigenvalue weighted by molar-refractivity contribution is 6.27. The van der Waals surface area contributed by atoms with E-state index in [2.05, 4.69) is 15.5 Å². The molecule has 4 rings (SSSR count). The molecule has 0 saturated heterocycles. The first-order valence-corrected chi connectivity index (χ1v) is 7.79. The third kappa shape index (κ3) is 2.22. The highest BCUT2D eigenvalue weighted by Crippen LogP contribution is 2.44. The van der Waals surface area contributed by atoms with Gasteiger partial charge in [0.1, 0.15) is 11.4 Å². The second-order valence-electron chi connectivity index (χ2n) is 5.76. The molecule has 1 heterocycles. The number of methoxy groups -OCH3 is 1. The predicted octanol–water partition coefficient (Wildman–Crippen LogP) is 3.26. The molecule has 0 unspecified atom stereocenters. The molecule has 1 amide bonds. The summed E-state index contributed by atoms with van der Waals surface area (Å²) in [5.74, 6) is 0.265. The van der Waals surface area contributed by atoms with E-state index in [9.17, 15) is 9.59 Å². The Hall–Kier alpha value is -3.41. The van der Waals surface area contributed by atoms with Crippen molar-refractivity contribution < 1.29 is 14.3 Å². The zero-order valence-electron chi connectivity index (χ0n) is 13.7. The molecule has 25 heavy (non-hydrogen) atoms. The standard InChI is InChI=1S/C19H15N3O3/c1-10(23)20-13-8-5-7-12-15(13)19(24)16-17(21-22-18(12)16)11-6-3-4-9-14(11)25-2/h3-9H,1-2H3,(H,20,23)(H,21,22). The molecule has 124 valence electrons. The van der Waals surface area contributed by atoms with Crippen molar-refractivity contribution in [3.63, 3.8) is 0 Å². The van der Waals surface area contributed by atoms with Gasteiger partial charge in [-0.2, -0.15) is 5.10 Å². The smallest absolute Gasteiger partial charge is 0.221 e. The third-order valence-corrected chi connectivity index (χ3v) is 4.23. The molecule has 0 spiro atoms. The van der Waals surface area contributed by atoms with Gasteiger partial charge in [-0.1, -0.05) is 24.3 Å². The zero-order chi connectivity index (χ0) is 17.6. The SMILES string of the molecule is COc1ccccc1-c1[nH]nc2c1C(=O)c1c(NC(C)=O)cccc1-2. The lowest BCUT2D eigenvalue weighted by Crippen LogP contribution is -2.10. The number of ether oxygens (including phenoxy) is 1. The van der Waals surface area contributed by atoms with E-state index in [0.29, 0.717) is 39.5 Å². The fraction of sp³-hybridized carbons (Fsp3) is 0.105. The van der Waals surface area contributed by atoms with Crippen molar-refractivity contribution in [3.8, 4) is 28.3 Å². The van der Waals surface area contributed by atoms with E-state index in [1.807, 2.05) is 30.3 Å². The summed E-state index contributed by atoms with van der Waals surface area (Å²) in [5.41, 5.74) is 4.15. The number of rotatable bonds is 3. The molecule has 0 fully saturated rings. The predicted molar refractivity (Wildman–Crippen MR) is 93.7 cm³/mol. The molecule has 0 bridgehead atoms. The molecule has 0 atom stereocenters. The largest absolute Gasteiger partial charge is 0.496 e. The number of fused-ring (bicyclic) bond motifs is 3. The quantitative estimate of drug-likeness (QED) is 0.603. The molecular weight excluding hydrogens is 318 g/mol. The number of hydrogen-bond donors (Lipinski definition) is 2. The van der Waals surface area contributed by atoms with Crippen molar-refractivity contribution in [3.05, 3.63) is 53.6 Å². The van der Waals surface area contributed by atoms with Crippen LogP contribution in [0.25, 0.3) is 22.5 Å². The number of nitrogens with zero attached hydrogens (tertiary/aromatic N) is 1. The van der Waals surface area contributed by atoms with Crippen LogP contribution in [0.15, 0.2) is 42.5 Å². The number of H-pyrrole nitrogens is 1. The van der Waals surface area contributed by atoms with Gasteiger partial charge in [-0.05, 0) is 18.2 Å². The lowest BCUT2D eigenvalue weighted by molar-refractivity contribution is -0.114. The number of carbonyl (C=O) groups is 2. The number of hydrogen-bond acceptors (Lipinski definition) is 4. The maximum atomic E-state index is 13.1. The number of ketones is 1. The topological polar surface area (TPSA) is 84.1 Å². The van der Waals surface area contributed by atoms with Gasteiger partial charge in [0.2, 0.25) is 5.91 Å². The number of carbonyl (C=O) groups excluding carboxylic acids is 2. The first kappa shape index (κ1) is 15.1. The number of aromatic amines is 1. The summed E-state index contributed by atoms with van der Waals surface area (Å²) in [5, 5.41) is 10.0. The van der Waals surface area contributed by atoms with Gasteiger partial charge in [-0.25, -0.2) is 0 Å². The summed E-state index contributed by atoms with van der Waals surface area (Å²) >= 11 is 0. The van der Waals surface area contributed by atoms with Crippen LogP contribution in [0.1, 0.15) is 22.8 Å². The summed E-state index contributed by atoms with van der Waals surface area (Å²) in [4.78, 5) is 24.5. The van der Waals surface area contributed by atoms with Gasteiger partial charge in [-0.15, -0.1) is 0 Å². The van der Waals surface area contributed by atoms with Crippen LogP contribution < -0.4 is 10.1 Å². The van der Waals surface area contributed by atoms with Crippen molar-refractivity contribution >= 4 is 17.4 Å². The number of amides is 1. The number of anilines is 1. The molecule has 0 radical (unpaired) electrons. The summed E-state index contributed by atoms with van der Waals surface area (Å²) < 4.78 is 5.40. The van der Waals surface area contributed by atoms with Gasteiger partial charge in [0.25, 0.3) is 0 Å².